The molecule has 0 atom stereocenters. The van der Waals surface area contributed by atoms with Crippen molar-refractivity contribution in [2.45, 2.75) is 81.7 Å². The van der Waals surface area contributed by atoms with Crippen LogP contribution in [-0.4, -0.2) is 45.5 Å². The van der Waals surface area contributed by atoms with Gasteiger partial charge in [-0.15, -0.1) is 0 Å². The third-order valence-electron chi connectivity index (χ3n) is 2.71. The van der Waals surface area contributed by atoms with Crippen LogP contribution in [0.5, 0.6) is 0 Å². The van der Waals surface area contributed by atoms with Crippen molar-refractivity contribution in [3.63, 3.8) is 0 Å². The normalized spacial score (nSPS) is 9.76. The fourth-order valence-corrected chi connectivity index (χ4v) is 2.24. The molecular formula is C14H30NNaO4S. The molecule has 2 N–H and O–H groups in total. The van der Waals surface area contributed by atoms with Crippen LogP contribution >= 0.6 is 0 Å². The van der Waals surface area contributed by atoms with Crippen LogP contribution in [0.15, 0.2) is 0 Å². The molecule has 0 heterocycles. The molecule has 0 fully saturated rings. The summed E-state index contributed by atoms with van der Waals surface area (Å²) in [6.45, 7) is 3.72. The summed E-state index contributed by atoms with van der Waals surface area (Å²) in [4.78, 5) is 0. The van der Waals surface area contributed by atoms with Crippen molar-refractivity contribution in [2.75, 3.05) is 0 Å². The molecule has 0 radical (unpaired) electrons. The summed E-state index contributed by atoms with van der Waals surface area (Å²) < 4.78 is 33.1. The molecule has 0 rings (SSSR count). The van der Waals surface area contributed by atoms with E-state index in [-0.39, 0.29) is 0 Å². The topological polar surface area (TPSA) is 98.4 Å². The van der Waals surface area contributed by atoms with E-state index in [0.717, 1.165) is 0 Å². The summed E-state index contributed by atoms with van der Waals surface area (Å²) in [6, 6.07) is 1.75. The molecule has 0 spiro atoms. The van der Waals surface area contributed by atoms with E-state index in [2.05, 4.69) is 6.92 Å². The van der Waals surface area contributed by atoms with Gasteiger partial charge in [-0.25, -0.2) is 0 Å². The van der Waals surface area contributed by atoms with Gasteiger partial charge >= 0.3 is 113 Å². The zero-order valence-corrected chi connectivity index (χ0v) is 16.7. The van der Waals surface area contributed by atoms with Gasteiger partial charge in [-0.1, -0.05) is 0 Å². The smallest absolute Gasteiger partial charge is 0.264 e. The van der Waals surface area contributed by atoms with Gasteiger partial charge in [-0.2, -0.15) is 13.7 Å². The molecule has 0 aliphatic rings. The van der Waals surface area contributed by atoms with Gasteiger partial charge in [-0.05, 0) is 0 Å². The maximum absolute atomic E-state index is 8.74. The predicted octanol–water partition coefficient (Wildman–Crippen LogP) is 4.37. The SMILES string of the molecule is CC#N.CCCCCCCCCCC[CH2][Na].O=S(=O)(O)O. The molecule has 0 aliphatic carbocycles. The van der Waals surface area contributed by atoms with Crippen LogP contribution in [0.2, 0.25) is 3.67 Å². The van der Waals surface area contributed by atoms with Gasteiger partial charge in [0.2, 0.25) is 0 Å². The Balaban J connectivity index is -0.000000335. The van der Waals surface area contributed by atoms with Crippen molar-refractivity contribution in [2.24, 2.45) is 0 Å². The maximum atomic E-state index is 8.74. The summed E-state index contributed by atoms with van der Waals surface area (Å²) in [5, 5.41) is 7.32. The molecule has 0 bridgehead atoms. The monoisotopic (exact) mass is 331 g/mol. The Kier molecular flexibility index (Phi) is 28.3. The Morgan fingerprint density at radius 1 is 0.905 bits per heavy atom. The third-order valence-corrected chi connectivity index (χ3v) is 3.41. The van der Waals surface area contributed by atoms with Gasteiger partial charge in [0.05, 0.1) is 6.07 Å². The minimum Gasteiger partial charge on any atom is -0.264 e. The van der Waals surface area contributed by atoms with Gasteiger partial charge < -0.3 is 0 Å². The average molecular weight is 331 g/mol. The second-order valence-electron chi connectivity index (χ2n) is 4.85. The number of nitrogens with zero attached hydrogens (tertiary/aromatic N) is 1. The number of hydrogen-bond donors (Lipinski definition) is 2. The molecule has 0 amide bonds. The van der Waals surface area contributed by atoms with Crippen molar-refractivity contribution in [3.8, 4) is 6.07 Å². The Labute approximate surface area is 148 Å². The van der Waals surface area contributed by atoms with E-state index in [1.54, 1.807) is 6.07 Å². The minimum absolute atomic E-state index is 1.38. The fraction of sp³-hybridized carbons (Fsp3) is 0.929. The predicted molar refractivity (Wildman–Crippen MR) is 87.9 cm³/mol. The zero-order valence-electron chi connectivity index (χ0n) is 13.8. The molecule has 0 unspecified atom stereocenters. The van der Waals surface area contributed by atoms with E-state index in [4.69, 9.17) is 22.8 Å². The first-order valence-corrected chi connectivity index (χ1v) is 10.6. The minimum atomic E-state index is -4.67. The molecule has 0 aromatic carbocycles. The van der Waals surface area contributed by atoms with Gasteiger partial charge in [0.1, 0.15) is 0 Å². The number of hydrogen-bond acceptors (Lipinski definition) is 3. The van der Waals surface area contributed by atoms with Crippen molar-refractivity contribution in [1.82, 2.24) is 0 Å². The summed E-state index contributed by atoms with van der Waals surface area (Å²) in [5.41, 5.74) is 0. The van der Waals surface area contributed by atoms with Gasteiger partial charge in [0.15, 0.2) is 0 Å². The summed E-state index contributed by atoms with van der Waals surface area (Å²) in [7, 11) is -4.67. The molecule has 0 aliphatic heterocycles. The van der Waals surface area contributed by atoms with E-state index in [1.807, 2.05) is 0 Å². The Hall–Kier alpha value is 0.360. The Bertz CT molecular complexity index is 297. The number of nitriles is 1. The fourth-order valence-electron chi connectivity index (χ4n) is 1.74. The van der Waals surface area contributed by atoms with E-state index in [0.29, 0.717) is 0 Å². The zero-order chi connectivity index (χ0) is 17.0. The summed E-state index contributed by atoms with van der Waals surface area (Å²) >= 11 is 1.41. The molecule has 7 heteroatoms. The van der Waals surface area contributed by atoms with Crippen LogP contribution in [0.1, 0.15) is 78.1 Å². The van der Waals surface area contributed by atoms with E-state index >= 15 is 0 Å². The molecule has 122 valence electrons. The van der Waals surface area contributed by atoms with Crippen LogP contribution in [-0.2, 0) is 10.4 Å². The second-order valence-corrected chi connectivity index (χ2v) is 6.75. The van der Waals surface area contributed by atoms with Gasteiger partial charge in [0, 0.05) is 6.92 Å². The van der Waals surface area contributed by atoms with Crippen molar-refractivity contribution >= 4 is 38.3 Å². The first kappa shape index (κ1) is 26.3. The second kappa shape index (κ2) is 22.6. The summed E-state index contributed by atoms with van der Waals surface area (Å²) in [6.07, 6.45) is 14.7. The first-order chi connectivity index (χ1) is 9.83. The molecule has 0 saturated carbocycles. The van der Waals surface area contributed by atoms with E-state index in [1.165, 1.54) is 103 Å². The van der Waals surface area contributed by atoms with Gasteiger partial charge in [0.25, 0.3) is 0 Å². The molecule has 0 saturated heterocycles. The molecule has 5 nitrogen and oxygen atoms in total. The Morgan fingerprint density at radius 2 is 1.14 bits per heavy atom. The first-order valence-electron chi connectivity index (χ1n) is 7.84. The van der Waals surface area contributed by atoms with Crippen LogP contribution in [0.4, 0.5) is 0 Å². The van der Waals surface area contributed by atoms with Crippen LogP contribution in [0.25, 0.3) is 0 Å². The summed E-state index contributed by atoms with van der Waals surface area (Å²) in [5.74, 6) is 0. The van der Waals surface area contributed by atoms with E-state index < -0.39 is 10.4 Å². The van der Waals surface area contributed by atoms with Gasteiger partial charge in [-0.3, -0.25) is 9.11 Å². The van der Waals surface area contributed by atoms with Crippen molar-refractivity contribution < 1.29 is 17.5 Å². The average Bonchev–Trinajstić information content (AvgIpc) is 2.36. The van der Waals surface area contributed by atoms with Crippen LogP contribution in [0.3, 0.4) is 0 Å². The molecule has 0 aromatic rings. The maximum Gasteiger partial charge on any atom is 0.394 e. The quantitative estimate of drug-likeness (QED) is 0.352. The van der Waals surface area contributed by atoms with Crippen molar-refractivity contribution in [1.29, 1.82) is 5.26 Å². The van der Waals surface area contributed by atoms with Crippen LogP contribution in [0, 0.1) is 11.3 Å². The Morgan fingerprint density at radius 3 is 1.38 bits per heavy atom. The molecular weight excluding hydrogens is 301 g/mol. The largest absolute Gasteiger partial charge is 0.394 e. The number of unbranched alkanes of at least 4 members (excludes halogenated alkanes) is 9. The number of rotatable bonds is 10. The molecule has 21 heavy (non-hydrogen) atoms. The standard InChI is InChI=1S/C12H25.C2H3N.Na.H2O4S/c1-3-5-7-9-11-12-10-8-6-4-2;1-2-3;;1-5(2,3)4/h1,3-12H2,2H3;1H3;;(H2,1,2,3,4). The molecule has 0 aromatic heterocycles. The van der Waals surface area contributed by atoms with Crippen molar-refractivity contribution in [3.05, 3.63) is 0 Å². The van der Waals surface area contributed by atoms with Crippen LogP contribution < -0.4 is 0 Å². The van der Waals surface area contributed by atoms with E-state index in [9.17, 15) is 0 Å². The third kappa shape index (κ3) is 63.9.